The van der Waals surface area contributed by atoms with Gasteiger partial charge in [0, 0.05) is 6.61 Å². The lowest BCUT2D eigenvalue weighted by Gasteiger charge is -2.12. The lowest BCUT2D eigenvalue weighted by molar-refractivity contribution is -0.118. The number of para-hydroxylation sites is 1. The Morgan fingerprint density at radius 3 is 3.00 bits per heavy atom. The van der Waals surface area contributed by atoms with Crippen LogP contribution < -0.4 is 11.3 Å². The molecule has 2 aromatic heterocycles. The summed E-state index contributed by atoms with van der Waals surface area (Å²) in [5, 5.41) is 12.9. The number of aromatic nitrogens is 6. The Kier molecular flexibility index (Phi) is 5.35. The van der Waals surface area contributed by atoms with Crippen molar-refractivity contribution in [1.29, 1.82) is 0 Å². The number of ether oxygens (including phenoxy) is 1. The van der Waals surface area contributed by atoms with Gasteiger partial charge >= 0.3 is 0 Å². The zero-order valence-electron chi connectivity index (χ0n) is 15.0. The molecule has 0 radical (unpaired) electrons. The van der Waals surface area contributed by atoms with Crippen molar-refractivity contribution in [1.82, 2.24) is 29.8 Å². The Morgan fingerprint density at radius 1 is 1.36 bits per heavy atom. The Balaban J connectivity index is 1.60. The number of fused-ring (bicyclic) bond motifs is 1. The van der Waals surface area contributed by atoms with Crippen molar-refractivity contribution in [3.05, 3.63) is 40.4 Å². The number of benzene rings is 1. The lowest BCUT2D eigenvalue weighted by atomic mass is 10.2. The molecule has 1 aliphatic heterocycles. The van der Waals surface area contributed by atoms with Crippen LogP contribution in [0.1, 0.15) is 18.7 Å². The number of tetrazole rings is 1. The topological polar surface area (TPSA) is 131 Å². The molecule has 0 spiro atoms. The maximum Gasteiger partial charge on any atom is 0.261 e. The smallest absolute Gasteiger partial charge is 0.261 e. The molecule has 2 N–H and O–H groups in total. The number of amides is 1. The molecule has 1 fully saturated rings. The van der Waals surface area contributed by atoms with E-state index in [2.05, 4.69) is 20.5 Å². The van der Waals surface area contributed by atoms with Gasteiger partial charge in [0.05, 0.1) is 29.3 Å². The molecule has 1 amide bonds. The van der Waals surface area contributed by atoms with Crippen LogP contribution in [0.3, 0.4) is 0 Å². The molecular weight excluding hydrogens is 382 g/mol. The van der Waals surface area contributed by atoms with Crippen molar-refractivity contribution in [2.45, 2.75) is 42.9 Å². The highest BCUT2D eigenvalue weighted by atomic mass is 32.2. The summed E-state index contributed by atoms with van der Waals surface area (Å²) in [7, 11) is 0. The molecule has 1 atom stereocenters. The van der Waals surface area contributed by atoms with E-state index in [4.69, 9.17) is 10.5 Å². The molecule has 3 aromatic rings. The van der Waals surface area contributed by atoms with Crippen molar-refractivity contribution in [3.63, 3.8) is 0 Å². The van der Waals surface area contributed by atoms with Gasteiger partial charge in [0.25, 0.3) is 5.56 Å². The number of carbonyl (C=O) groups excluding carboxylic acids is 1. The molecule has 0 bridgehead atoms. The predicted molar refractivity (Wildman–Crippen MR) is 102 cm³/mol. The first kappa shape index (κ1) is 18.6. The number of carbonyl (C=O) groups is 1. The minimum absolute atomic E-state index is 0.106. The summed E-state index contributed by atoms with van der Waals surface area (Å²) in [6.45, 7) is 1.11. The number of nitrogens with zero attached hydrogens (tertiary/aromatic N) is 6. The van der Waals surface area contributed by atoms with Crippen LogP contribution in [0.25, 0.3) is 10.9 Å². The van der Waals surface area contributed by atoms with E-state index in [-0.39, 0.29) is 18.2 Å². The molecule has 1 unspecified atom stereocenters. The highest BCUT2D eigenvalue weighted by Crippen LogP contribution is 2.22. The zero-order valence-corrected chi connectivity index (χ0v) is 15.8. The number of primary amides is 1. The largest absolute Gasteiger partial charge is 0.376 e. The molecule has 0 saturated carbocycles. The summed E-state index contributed by atoms with van der Waals surface area (Å²) < 4.78 is 8.64. The van der Waals surface area contributed by atoms with Crippen molar-refractivity contribution < 1.29 is 9.53 Å². The van der Waals surface area contributed by atoms with Crippen LogP contribution in [0.15, 0.2) is 34.2 Å². The lowest BCUT2D eigenvalue weighted by Crippen LogP contribution is -2.31. The third-order valence-electron chi connectivity index (χ3n) is 4.48. The van der Waals surface area contributed by atoms with Gasteiger partial charge in [0.1, 0.15) is 12.4 Å². The molecule has 1 aliphatic rings. The Labute approximate surface area is 164 Å². The second kappa shape index (κ2) is 8.07. The minimum atomic E-state index is -0.603. The van der Waals surface area contributed by atoms with Crippen molar-refractivity contribution >= 4 is 28.6 Å². The normalized spacial score (nSPS) is 16.6. The van der Waals surface area contributed by atoms with Gasteiger partial charge in [0.2, 0.25) is 11.1 Å². The van der Waals surface area contributed by atoms with Gasteiger partial charge in [-0.2, -0.15) is 0 Å². The summed E-state index contributed by atoms with van der Waals surface area (Å²) >= 11 is 1.35. The standard InChI is InChI=1S/C17H19N7O3S/c18-14(25)9-23-15(19-13-6-2-1-5-12(13)16(23)26)10-28-17-20-21-22-24(17)8-11-4-3-7-27-11/h1-2,5-6,11H,3-4,7-10H2,(H2,18,25). The quantitative estimate of drug-likeness (QED) is 0.561. The molecule has 3 heterocycles. The molecular formula is C17H19N7O3S. The minimum Gasteiger partial charge on any atom is -0.376 e. The zero-order chi connectivity index (χ0) is 19.5. The van der Waals surface area contributed by atoms with Gasteiger partial charge < -0.3 is 10.5 Å². The van der Waals surface area contributed by atoms with Crippen molar-refractivity contribution in [2.75, 3.05) is 6.61 Å². The summed E-state index contributed by atoms with van der Waals surface area (Å²) in [6, 6.07) is 7.02. The van der Waals surface area contributed by atoms with E-state index in [0.717, 1.165) is 19.4 Å². The van der Waals surface area contributed by atoms with Gasteiger partial charge in [-0.05, 0) is 35.4 Å². The van der Waals surface area contributed by atoms with E-state index in [1.54, 1.807) is 22.9 Å². The third-order valence-corrected chi connectivity index (χ3v) is 5.44. The second-order valence-electron chi connectivity index (χ2n) is 6.47. The van der Waals surface area contributed by atoms with Crippen molar-refractivity contribution in [3.8, 4) is 0 Å². The maximum absolute atomic E-state index is 12.8. The number of rotatable bonds is 7. The third kappa shape index (κ3) is 3.90. The summed E-state index contributed by atoms with van der Waals surface area (Å²) in [6.07, 6.45) is 2.12. The Hall–Kier alpha value is -2.79. The molecule has 11 heteroatoms. The van der Waals surface area contributed by atoms with E-state index < -0.39 is 5.91 Å². The number of hydrogen-bond acceptors (Lipinski definition) is 8. The first-order chi connectivity index (χ1) is 13.6. The van der Waals surface area contributed by atoms with Crippen LogP contribution >= 0.6 is 11.8 Å². The van der Waals surface area contributed by atoms with Crippen LogP contribution in [0.2, 0.25) is 0 Å². The number of nitrogens with two attached hydrogens (primary N) is 1. The molecule has 28 heavy (non-hydrogen) atoms. The Bertz CT molecular complexity index is 1060. The molecule has 1 aromatic carbocycles. The molecule has 0 aliphatic carbocycles. The van der Waals surface area contributed by atoms with Crippen molar-refractivity contribution in [2.24, 2.45) is 5.73 Å². The number of thioether (sulfide) groups is 1. The average Bonchev–Trinajstić information content (AvgIpc) is 3.35. The van der Waals surface area contributed by atoms with E-state index in [9.17, 15) is 9.59 Å². The fourth-order valence-corrected chi connectivity index (χ4v) is 4.00. The fraction of sp³-hybridized carbons (Fsp3) is 0.412. The van der Waals surface area contributed by atoms with E-state index in [1.165, 1.54) is 16.3 Å². The second-order valence-corrected chi connectivity index (χ2v) is 7.41. The monoisotopic (exact) mass is 401 g/mol. The number of hydrogen-bond donors (Lipinski definition) is 1. The van der Waals surface area contributed by atoms with Gasteiger partial charge in [-0.1, -0.05) is 23.9 Å². The average molecular weight is 401 g/mol. The maximum atomic E-state index is 12.8. The van der Waals surface area contributed by atoms with E-state index in [0.29, 0.717) is 34.2 Å². The van der Waals surface area contributed by atoms with Gasteiger partial charge in [-0.15, -0.1) is 5.10 Å². The summed E-state index contributed by atoms with van der Waals surface area (Å²) in [5.74, 6) is 0.159. The highest BCUT2D eigenvalue weighted by Gasteiger charge is 2.20. The highest BCUT2D eigenvalue weighted by molar-refractivity contribution is 7.98. The predicted octanol–water partition coefficient (Wildman–Crippen LogP) is 0.340. The summed E-state index contributed by atoms with van der Waals surface area (Å²) in [5.41, 5.74) is 5.61. The van der Waals surface area contributed by atoms with E-state index >= 15 is 0 Å². The fourth-order valence-electron chi connectivity index (χ4n) is 3.17. The van der Waals surface area contributed by atoms with Crippen LogP contribution in [0.5, 0.6) is 0 Å². The van der Waals surface area contributed by atoms with Gasteiger partial charge in [-0.3, -0.25) is 14.2 Å². The van der Waals surface area contributed by atoms with E-state index in [1.807, 2.05) is 6.07 Å². The van der Waals surface area contributed by atoms with Crippen LogP contribution in [-0.4, -0.2) is 48.4 Å². The SMILES string of the molecule is NC(=O)Cn1c(CSc2nnnn2CC2CCCO2)nc2ccccc2c1=O. The van der Waals surface area contributed by atoms with Gasteiger partial charge in [-0.25, -0.2) is 9.67 Å². The Morgan fingerprint density at radius 2 is 2.21 bits per heavy atom. The first-order valence-electron chi connectivity index (χ1n) is 8.89. The van der Waals surface area contributed by atoms with Crippen LogP contribution in [-0.2, 0) is 28.4 Å². The van der Waals surface area contributed by atoms with Gasteiger partial charge in [0.15, 0.2) is 0 Å². The molecule has 146 valence electrons. The molecule has 4 rings (SSSR count). The molecule has 1 saturated heterocycles. The summed E-state index contributed by atoms with van der Waals surface area (Å²) in [4.78, 5) is 28.8. The first-order valence-corrected chi connectivity index (χ1v) is 9.87. The molecule has 10 nitrogen and oxygen atoms in total. The van der Waals surface area contributed by atoms with Crippen LogP contribution in [0.4, 0.5) is 0 Å². The van der Waals surface area contributed by atoms with Crippen LogP contribution in [0, 0.1) is 0 Å².